The average molecular weight is 212 g/mol. The van der Waals surface area contributed by atoms with Crippen LogP contribution in [0.3, 0.4) is 0 Å². The third-order valence-electron chi connectivity index (χ3n) is 2.39. The molecule has 0 unspecified atom stereocenters. The Morgan fingerprint density at radius 3 is 2.13 bits per heavy atom. The topological polar surface area (TPSA) is 74.8 Å². The molecule has 1 heterocycles. The monoisotopic (exact) mass is 212 g/mol. The first-order valence-electron chi connectivity index (χ1n) is 4.55. The molecule has 1 aliphatic rings. The van der Waals surface area contributed by atoms with Crippen LogP contribution in [0.15, 0.2) is 0 Å². The van der Waals surface area contributed by atoms with Crippen molar-refractivity contribution >= 4 is 23.6 Å². The maximum absolute atomic E-state index is 11.5. The van der Waals surface area contributed by atoms with Crippen LogP contribution in [0, 0.1) is 5.92 Å². The van der Waals surface area contributed by atoms with E-state index in [0.29, 0.717) is 0 Å². The quantitative estimate of drug-likeness (QED) is 0.434. The Kier molecular flexibility index (Phi) is 2.88. The van der Waals surface area contributed by atoms with Crippen molar-refractivity contribution < 1.29 is 19.2 Å². The van der Waals surface area contributed by atoms with E-state index in [1.807, 2.05) is 0 Å². The van der Waals surface area contributed by atoms with Gasteiger partial charge in [0.25, 0.3) is 17.7 Å². The summed E-state index contributed by atoms with van der Waals surface area (Å²) in [7, 11) is 1.25. The second-order valence-corrected chi connectivity index (χ2v) is 3.27. The minimum Gasteiger partial charge on any atom is -0.285 e. The summed E-state index contributed by atoms with van der Waals surface area (Å²) in [6.07, 6.45) is 0. The smallest absolute Gasteiger partial charge is 0.251 e. The molecule has 0 aromatic heterocycles. The van der Waals surface area contributed by atoms with E-state index >= 15 is 0 Å². The number of nitrogens with zero attached hydrogens (tertiary/aromatic N) is 2. The van der Waals surface area contributed by atoms with E-state index in [0.717, 1.165) is 9.80 Å². The van der Waals surface area contributed by atoms with Crippen LogP contribution in [-0.2, 0) is 19.2 Å². The number of hydrogen-bond donors (Lipinski definition) is 0. The zero-order chi connectivity index (χ0) is 11.7. The van der Waals surface area contributed by atoms with Gasteiger partial charge in [-0.2, -0.15) is 0 Å². The second-order valence-electron chi connectivity index (χ2n) is 3.27. The van der Waals surface area contributed by atoms with Gasteiger partial charge in [-0.15, -0.1) is 0 Å². The number of hydrogen-bond acceptors (Lipinski definition) is 4. The predicted molar refractivity (Wildman–Crippen MR) is 49.3 cm³/mol. The van der Waals surface area contributed by atoms with Crippen LogP contribution in [0.1, 0.15) is 13.8 Å². The highest BCUT2D eigenvalue weighted by atomic mass is 16.2. The standard InChI is InChI=1S/C9H12N2O4/c1-4-11-8(14)6(9(11)15)7(13)10(3)5(2)12/h6H,4H2,1-3H3. The van der Waals surface area contributed by atoms with E-state index in [9.17, 15) is 19.2 Å². The van der Waals surface area contributed by atoms with Gasteiger partial charge in [-0.05, 0) is 6.92 Å². The van der Waals surface area contributed by atoms with Crippen molar-refractivity contribution in [3.63, 3.8) is 0 Å². The summed E-state index contributed by atoms with van der Waals surface area (Å²) in [5.41, 5.74) is 0. The SMILES string of the molecule is CCN1C(=O)C(C(=O)N(C)C(C)=O)C1=O. The predicted octanol–water partition coefficient (Wildman–Crippen LogP) is -1.00. The minimum absolute atomic E-state index is 0.255. The molecule has 0 aliphatic carbocycles. The van der Waals surface area contributed by atoms with Crippen LogP contribution in [0.5, 0.6) is 0 Å². The first-order chi connectivity index (χ1) is 6.91. The molecule has 0 aromatic rings. The van der Waals surface area contributed by atoms with Crippen LogP contribution in [0.4, 0.5) is 0 Å². The molecule has 1 saturated heterocycles. The molecule has 6 heteroatoms. The van der Waals surface area contributed by atoms with E-state index in [1.54, 1.807) is 6.92 Å². The van der Waals surface area contributed by atoms with Crippen molar-refractivity contribution in [1.29, 1.82) is 0 Å². The lowest BCUT2D eigenvalue weighted by Crippen LogP contribution is -2.62. The number of carbonyl (C=O) groups excluding carboxylic acids is 4. The van der Waals surface area contributed by atoms with Crippen molar-refractivity contribution in [3.05, 3.63) is 0 Å². The van der Waals surface area contributed by atoms with Crippen molar-refractivity contribution in [2.24, 2.45) is 5.92 Å². The Morgan fingerprint density at radius 1 is 1.33 bits per heavy atom. The Labute approximate surface area is 86.8 Å². The molecule has 0 N–H and O–H groups in total. The first-order valence-corrected chi connectivity index (χ1v) is 4.55. The molecule has 1 fully saturated rings. The summed E-state index contributed by atoms with van der Waals surface area (Å²) in [4.78, 5) is 46.8. The van der Waals surface area contributed by atoms with Crippen LogP contribution < -0.4 is 0 Å². The molecule has 82 valence electrons. The van der Waals surface area contributed by atoms with Gasteiger partial charge in [0.05, 0.1) is 0 Å². The number of likely N-dealkylation sites (tertiary alicyclic amines) is 1. The van der Waals surface area contributed by atoms with Crippen LogP contribution in [0.25, 0.3) is 0 Å². The van der Waals surface area contributed by atoms with E-state index in [4.69, 9.17) is 0 Å². The number of carbonyl (C=O) groups is 4. The normalized spacial score (nSPS) is 16.3. The van der Waals surface area contributed by atoms with Crippen molar-refractivity contribution in [2.45, 2.75) is 13.8 Å². The summed E-state index contributed by atoms with van der Waals surface area (Å²) in [5.74, 6) is -3.60. The Morgan fingerprint density at radius 2 is 1.80 bits per heavy atom. The Bertz CT molecular complexity index is 334. The van der Waals surface area contributed by atoms with Crippen LogP contribution >= 0.6 is 0 Å². The highest BCUT2D eigenvalue weighted by Gasteiger charge is 2.51. The van der Waals surface area contributed by atoms with Gasteiger partial charge in [-0.25, -0.2) is 0 Å². The van der Waals surface area contributed by atoms with Gasteiger partial charge in [-0.3, -0.25) is 29.0 Å². The van der Waals surface area contributed by atoms with Gasteiger partial charge in [0, 0.05) is 20.5 Å². The largest absolute Gasteiger partial charge is 0.285 e. The van der Waals surface area contributed by atoms with E-state index in [2.05, 4.69) is 0 Å². The number of rotatable bonds is 2. The van der Waals surface area contributed by atoms with E-state index in [-0.39, 0.29) is 6.54 Å². The maximum Gasteiger partial charge on any atom is 0.251 e. The highest BCUT2D eigenvalue weighted by Crippen LogP contribution is 2.21. The fourth-order valence-electron chi connectivity index (χ4n) is 1.33. The fraction of sp³-hybridized carbons (Fsp3) is 0.556. The van der Waals surface area contributed by atoms with Crippen molar-refractivity contribution in [2.75, 3.05) is 13.6 Å². The Hall–Kier alpha value is -1.72. The highest BCUT2D eigenvalue weighted by molar-refractivity contribution is 6.30. The lowest BCUT2D eigenvalue weighted by atomic mass is 9.96. The average Bonchev–Trinajstić information content (AvgIpc) is 2.17. The summed E-state index contributed by atoms with van der Waals surface area (Å²) in [5, 5.41) is 0. The minimum atomic E-state index is -1.31. The maximum atomic E-state index is 11.5. The Balaban J connectivity index is 2.77. The third kappa shape index (κ3) is 1.62. The first kappa shape index (κ1) is 11.4. The molecule has 1 aliphatic heterocycles. The van der Waals surface area contributed by atoms with Crippen LogP contribution in [-0.4, -0.2) is 47.0 Å². The van der Waals surface area contributed by atoms with Crippen LogP contribution in [0.2, 0.25) is 0 Å². The van der Waals surface area contributed by atoms with Gasteiger partial charge in [0.2, 0.25) is 5.91 Å². The summed E-state index contributed by atoms with van der Waals surface area (Å²) in [6, 6.07) is 0. The molecule has 4 amide bonds. The third-order valence-corrected chi connectivity index (χ3v) is 2.39. The second kappa shape index (κ2) is 3.80. The molecule has 15 heavy (non-hydrogen) atoms. The molecular formula is C9H12N2O4. The van der Waals surface area contributed by atoms with Gasteiger partial charge in [0.15, 0.2) is 5.92 Å². The van der Waals surface area contributed by atoms with Crippen molar-refractivity contribution in [1.82, 2.24) is 9.80 Å². The number of imide groups is 2. The lowest BCUT2D eigenvalue weighted by Gasteiger charge is -2.35. The summed E-state index contributed by atoms with van der Waals surface area (Å²) < 4.78 is 0. The summed E-state index contributed by atoms with van der Waals surface area (Å²) >= 11 is 0. The van der Waals surface area contributed by atoms with Gasteiger partial charge >= 0.3 is 0 Å². The van der Waals surface area contributed by atoms with E-state index < -0.39 is 29.5 Å². The van der Waals surface area contributed by atoms with E-state index in [1.165, 1.54) is 14.0 Å². The molecule has 0 radical (unpaired) electrons. The fourth-order valence-corrected chi connectivity index (χ4v) is 1.33. The van der Waals surface area contributed by atoms with Gasteiger partial charge in [0.1, 0.15) is 0 Å². The number of β-lactam (4-membered cyclic amide) rings is 2. The molecule has 0 saturated carbocycles. The molecule has 6 nitrogen and oxygen atoms in total. The molecule has 0 spiro atoms. The molecule has 0 bridgehead atoms. The zero-order valence-corrected chi connectivity index (χ0v) is 8.81. The molecular weight excluding hydrogens is 200 g/mol. The summed E-state index contributed by atoms with van der Waals surface area (Å²) in [6.45, 7) is 3.10. The number of amides is 4. The lowest BCUT2D eigenvalue weighted by molar-refractivity contribution is -0.170. The van der Waals surface area contributed by atoms with Crippen molar-refractivity contribution in [3.8, 4) is 0 Å². The van der Waals surface area contributed by atoms with Gasteiger partial charge < -0.3 is 0 Å². The molecule has 0 atom stereocenters. The van der Waals surface area contributed by atoms with Gasteiger partial charge in [-0.1, -0.05) is 0 Å². The molecule has 0 aromatic carbocycles. The zero-order valence-electron chi connectivity index (χ0n) is 8.81. The molecule has 1 rings (SSSR count).